The normalized spacial score (nSPS) is 15.5. The third kappa shape index (κ3) is 3.82. The van der Waals surface area contributed by atoms with Gasteiger partial charge in [-0.2, -0.15) is 0 Å². The van der Waals surface area contributed by atoms with Crippen molar-refractivity contribution >= 4 is 0 Å². The smallest absolute Gasteiger partial charge is 0.0395 e. The van der Waals surface area contributed by atoms with Crippen LogP contribution in [0.1, 0.15) is 34.6 Å². The van der Waals surface area contributed by atoms with Gasteiger partial charge in [0.05, 0.1) is 0 Å². The van der Waals surface area contributed by atoms with Crippen LogP contribution < -0.4 is 0 Å². The molecule has 11 heavy (non-hydrogen) atoms. The zero-order valence-electron chi connectivity index (χ0n) is 8.23. The molecule has 0 aliphatic rings. The molecule has 0 aliphatic heterocycles. The lowest BCUT2D eigenvalue weighted by molar-refractivity contribution is 1.30. The van der Waals surface area contributed by atoms with Crippen molar-refractivity contribution in [3.05, 3.63) is 34.9 Å². The summed E-state index contributed by atoms with van der Waals surface area (Å²) < 4.78 is 0. The molecule has 0 N–H and O–H groups in total. The molecule has 0 aliphatic carbocycles. The van der Waals surface area contributed by atoms with E-state index < -0.39 is 0 Å². The van der Waals surface area contributed by atoms with Crippen LogP contribution in [0.2, 0.25) is 0 Å². The van der Waals surface area contributed by atoms with E-state index in [0.29, 0.717) is 0 Å². The molecule has 62 valence electrons. The summed E-state index contributed by atoms with van der Waals surface area (Å²) in [6.45, 7) is 10.5. The van der Waals surface area contributed by atoms with Crippen LogP contribution in [0, 0.1) is 0 Å². The highest BCUT2D eigenvalue weighted by molar-refractivity contribution is 5.33. The number of allylic oxidation sites excluding steroid dienone is 6. The van der Waals surface area contributed by atoms with Crippen LogP contribution in [0.25, 0.3) is 0 Å². The summed E-state index contributed by atoms with van der Waals surface area (Å²) in [4.78, 5) is 0. The van der Waals surface area contributed by atoms with Crippen LogP contribution in [0.4, 0.5) is 0 Å². The summed E-state index contributed by atoms with van der Waals surface area (Å²) in [6, 6.07) is 0. The number of hydrogen-bond donors (Lipinski definition) is 0. The molecular weight excluding hydrogens is 132 g/mol. The lowest BCUT2D eigenvalue weighted by Crippen LogP contribution is -1.79. The Balaban J connectivity index is 4.47. The minimum absolute atomic E-state index is 1.32. The molecule has 0 heterocycles. The largest absolute Gasteiger partial charge is 0.0847 e. The highest BCUT2D eigenvalue weighted by Gasteiger charge is 1.89. The Hall–Kier alpha value is -0.780. The van der Waals surface area contributed by atoms with Gasteiger partial charge < -0.3 is 0 Å². The Morgan fingerprint density at radius 1 is 0.818 bits per heavy atom. The number of rotatable bonds is 2. The maximum Gasteiger partial charge on any atom is -0.0395 e. The van der Waals surface area contributed by atoms with E-state index >= 15 is 0 Å². The standard InChI is InChI=1S/C11H18/c1-6-9(3)8-11(5)10(4)7-2/h6-8H,1-5H3/b9-6-,10-7+,11-8+. The lowest BCUT2D eigenvalue weighted by Gasteiger charge is -1.99. The van der Waals surface area contributed by atoms with E-state index in [0.717, 1.165) is 0 Å². The highest BCUT2D eigenvalue weighted by Crippen LogP contribution is 2.10. The third-order valence-electron chi connectivity index (χ3n) is 1.95. The SMILES string of the molecule is C\C=C(C)/C=C(C)/C(C)=C/C. The first-order chi connectivity index (χ1) is 5.11. The van der Waals surface area contributed by atoms with Crippen molar-refractivity contribution in [3.63, 3.8) is 0 Å². The quantitative estimate of drug-likeness (QED) is 0.524. The topological polar surface area (TPSA) is 0 Å². The van der Waals surface area contributed by atoms with Gasteiger partial charge in [-0.3, -0.25) is 0 Å². The van der Waals surface area contributed by atoms with E-state index in [4.69, 9.17) is 0 Å². The number of hydrogen-bond acceptors (Lipinski definition) is 0. The van der Waals surface area contributed by atoms with Gasteiger partial charge in [0, 0.05) is 0 Å². The lowest BCUT2D eigenvalue weighted by atomic mass is 10.1. The molecule has 0 amide bonds. The molecule has 0 nitrogen and oxygen atoms in total. The van der Waals surface area contributed by atoms with Gasteiger partial charge >= 0.3 is 0 Å². The van der Waals surface area contributed by atoms with Crippen molar-refractivity contribution in [3.8, 4) is 0 Å². The molecule has 0 saturated heterocycles. The maximum absolute atomic E-state index is 2.20. The Labute approximate surface area is 70.3 Å². The van der Waals surface area contributed by atoms with E-state index in [1.54, 1.807) is 0 Å². The molecule has 0 bridgehead atoms. The first-order valence-electron chi connectivity index (χ1n) is 4.06. The van der Waals surface area contributed by atoms with Crippen LogP contribution >= 0.6 is 0 Å². The predicted octanol–water partition coefficient (Wildman–Crippen LogP) is 3.87. The first-order valence-corrected chi connectivity index (χ1v) is 4.06. The maximum atomic E-state index is 2.20. The highest BCUT2D eigenvalue weighted by atomic mass is 14.0. The Morgan fingerprint density at radius 2 is 1.36 bits per heavy atom. The summed E-state index contributed by atoms with van der Waals surface area (Å²) in [5.41, 5.74) is 4.03. The molecule has 0 spiro atoms. The fourth-order valence-electron chi connectivity index (χ4n) is 0.766. The van der Waals surface area contributed by atoms with Crippen molar-refractivity contribution in [2.24, 2.45) is 0 Å². The van der Waals surface area contributed by atoms with Gasteiger partial charge in [-0.15, -0.1) is 0 Å². The van der Waals surface area contributed by atoms with E-state index in [2.05, 4.69) is 52.8 Å². The van der Waals surface area contributed by atoms with Gasteiger partial charge in [0.1, 0.15) is 0 Å². The van der Waals surface area contributed by atoms with E-state index in [1.807, 2.05) is 0 Å². The van der Waals surface area contributed by atoms with Crippen LogP contribution in [0.15, 0.2) is 34.9 Å². The fraction of sp³-hybridized carbons (Fsp3) is 0.455. The van der Waals surface area contributed by atoms with E-state index in [9.17, 15) is 0 Å². The minimum Gasteiger partial charge on any atom is -0.0847 e. The van der Waals surface area contributed by atoms with Crippen molar-refractivity contribution in [2.45, 2.75) is 34.6 Å². The van der Waals surface area contributed by atoms with Gasteiger partial charge in [0.25, 0.3) is 0 Å². The molecule has 0 radical (unpaired) electrons. The second-order valence-corrected chi connectivity index (χ2v) is 2.83. The molecule has 0 aromatic carbocycles. The van der Waals surface area contributed by atoms with Crippen LogP contribution in [0.3, 0.4) is 0 Å². The molecule has 0 heteroatoms. The molecule has 0 rings (SSSR count). The average Bonchev–Trinajstić information content (AvgIpc) is 2.02. The molecule has 0 atom stereocenters. The molecule has 0 unspecified atom stereocenters. The minimum atomic E-state index is 1.32. The van der Waals surface area contributed by atoms with Crippen LogP contribution in [-0.4, -0.2) is 0 Å². The van der Waals surface area contributed by atoms with Gasteiger partial charge in [-0.05, 0) is 40.2 Å². The molecule has 0 fully saturated rings. The Kier molecular flexibility index (Phi) is 4.60. The van der Waals surface area contributed by atoms with Crippen LogP contribution in [-0.2, 0) is 0 Å². The van der Waals surface area contributed by atoms with Crippen molar-refractivity contribution in [1.82, 2.24) is 0 Å². The second kappa shape index (κ2) is 4.95. The first kappa shape index (κ1) is 10.2. The van der Waals surface area contributed by atoms with E-state index in [1.165, 1.54) is 16.7 Å². The summed E-state index contributed by atoms with van der Waals surface area (Å²) in [6.07, 6.45) is 6.45. The monoisotopic (exact) mass is 150 g/mol. The third-order valence-corrected chi connectivity index (χ3v) is 1.95. The molecular formula is C11H18. The van der Waals surface area contributed by atoms with Gasteiger partial charge in [-0.1, -0.05) is 29.4 Å². The zero-order chi connectivity index (χ0) is 8.85. The summed E-state index contributed by atoms with van der Waals surface area (Å²) in [5.74, 6) is 0. The zero-order valence-corrected chi connectivity index (χ0v) is 8.23. The summed E-state index contributed by atoms with van der Waals surface area (Å²) in [7, 11) is 0. The van der Waals surface area contributed by atoms with Gasteiger partial charge in [0.15, 0.2) is 0 Å². The Morgan fingerprint density at radius 3 is 1.73 bits per heavy atom. The van der Waals surface area contributed by atoms with Gasteiger partial charge in [-0.25, -0.2) is 0 Å². The summed E-state index contributed by atoms with van der Waals surface area (Å²) in [5, 5.41) is 0. The van der Waals surface area contributed by atoms with Crippen molar-refractivity contribution in [1.29, 1.82) is 0 Å². The fourth-order valence-corrected chi connectivity index (χ4v) is 0.766. The molecule has 0 aromatic heterocycles. The second-order valence-electron chi connectivity index (χ2n) is 2.83. The molecule has 0 aromatic rings. The van der Waals surface area contributed by atoms with Gasteiger partial charge in [0.2, 0.25) is 0 Å². The van der Waals surface area contributed by atoms with Crippen LogP contribution in [0.5, 0.6) is 0 Å². The Bertz CT molecular complexity index is 202. The van der Waals surface area contributed by atoms with E-state index in [-0.39, 0.29) is 0 Å². The average molecular weight is 150 g/mol. The van der Waals surface area contributed by atoms with Crippen molar-refractivity contribution in [2.75, 3.05) is 0 Å². The molecule has 0 saturated carbocycles. The summed E-state index contributed by atoms with van der Waals surface area (Å²) >= 11 is 0. The van der Waals surface area contributed by atoms with Crippen molar-refractivity contribution < 1.29 is 0 Å². The predicted molar refractivity (Wildman–Crippen MR) is 52.6 cm³/mol.